The molecule has 2 aromatic carbocycles. The Kier molecular flexibility index (Phi) is 22.8. The van der Waals surface area contributed by atoms with Crippen LogP contribution in [-0.2, 0) is 25.2 Å². The summed E-state index contributed by atoms with van der Waals surface area (Å²) >= 11 is 3.87. The molecule has 0 saturated carbocycles. The highest BCUT2D eigenvalue weighted by molar-refractivity contribution is 8.00. The zero-order valence-corrected chi connectivity index (χ0v) is 45.7. The van der Waals surface area contributed by atoms with Gasteiger partial charge in [-0.1, -0.05) is 89.9 Å². The number of para-hydroxylation sites is 2. The van der Waals surface area contributed by atoms with Crippen LogP contribution in [0.3, 0.4) is 0 Å². The molecule has 6 aliphatic rings. The van der Waals surface area contributed by atoms with E-state index in [-0.39, 0.29) is 58.9 Å². The van der Waals surface area contributed by atoms with Crippen LogP contribution in [0, 0.1) is 0 Å². The van der Waals surface area contributed by atoms with Gasteiger partial charge in [0.15, 0.2) is 5.71 Å². The summed E-state index contributed by atoms with van der Waals surface area (Å²) in [5, 5.41) is 12.9. The fourth-order valence-electron chi connectivity index (χ4n) is 10.8. The average Bonchev–Trinajstić information content (AvgIpc) is 4.12. The number of amides is 4. The van der Waals surface area contributed by atoms with Gasteiger partial charge in [-0.05, 0) is 90.8 Å². The van der Waals surface area contributed by atoms with E-state index in [2.05, 4.69) is 132 Å². The summed E-state index contributed by atoms with van der Waals surface area (Å²) in [5.74, 6) is 2.86. The Bertz CT molecular complexity index is 2170. The third-order valence-electron chi connectivity index (χ3n) is 14.4. The molecule has 386 valence electrons. The largest absolute Gasteiger partial charge is 1.00 e. The number of fused-ring (bicyclic) bond motifs is 4. The number of thioether (sulfide) groups is 2. The van der Waals surface area contributed by atoms with Crippen LogP contribution >= 0.6 is 23.5 Å². The number of hydrogen-bond acceptors (Lipinski definition) is 8. The lowest BCUT2D eigenvalue weighted by atomic mass is 9.81. The number of anilines is 1. The average molecular weight is 1060 g/mol. The van der Waals surface area contributed by atoms with Crippen LogP contribution in [-0.4, -0.2) is 99.0 Å². The van der Waals surface area contributed by atoms with E-state index in [0.29, 0.717) is 59.7 Å². The molecule has 0 unspecified atom stereocenters. The Balaban J connectivity index is 0.000000259. The molecule has 11 nitrogen and oxygen atoms in total. The Morgan fingerprint density at radius 1 is 0.686 bits per heavy atom. The molecule has 6 heterocycles. The molecule has 6 aliphatic heterocycles. The minimum atomic E-state index is -0.0533. The lowest BCUT2D eigenvalue weighted by Crippen LogP contribution is -3.00. The van der Waals surface area contributed by atoms with Crippen molar-refractivity contribution in [1.82, 2.24) is 21.3 Å². The van der Waals surface area contributed by atoms with Crippen LogP contribution in [0.15, 0.2) is 72.5 Å². The quantitative estimate of drug-likeness (QED) is 0.0593. The normalized spacial score (nSPS) is 24.3. The molecule has 0 spiro atoms. The summed E-state index contributed by atoms with van der Waals surface area (Å²) < 4.78 is 2.51. The van der Waals surface area contributed by atoms with E-state index in [9.17, 15) is 24.0 Å². The minimum absolute atomic E-state index is 0. The first-order valence-electron chi connectivity index (χ1n) is 25.4. The monoisotopic (exact) mass is 1060 g/mol. The lowest BCUT2D eigenvalue weighted by molar-refractivity contribution is -0.437. The number of Topliss-reactive ketones (excluding diaryl/α,β-unsaturated/α-hetero) is 3. The van der Waals surface area contributed by atoms with Crippen molar-refractivity contribution >= 4 is 70.0 Å². The van der Waals surface area contributed by atoms with Gasteiger partial charge in [0.05, 0.1) is 29.6 Å². The molecule has 70 heavy (non-hydrogen) atoms. The number of unbranched alkanes of at least 4 members (excludes halogenated alkanes) is 4. The molecule has 4 fully saturated rings. The van der Waals surface area contributed by atoms with Gasteiger partial charge in [0, 0.05) is 88.7 Å². The first-order chi connectivity index (χ1) is 32.5. The molecular formula is C56H83BrN6O5S2. The molecule has 6 atom stereocenters. The third kappa shape index (κ3) is 14.9. The Hall–Kier alpha value is -3.88. The van der Waals surface area contributed by atoms with Crippen molar-refractivity contribution in [3.8, 4) is 0 Å². The molecule has 0 bridgehead atoms. The van der Waals surface area contributed by atoms with Crippen molar-refractivity contribution in [1.29, 1.82) is 0 Å². The molecule has 8 rings (SSSR count). The van der Waals surface area contributed by atoms with E-state index < -0.39 is 0 Å². The molecule has 4 saturated heterocycles. The van der Waals surface area contributed by atoms with Crippen molar-refractivity contribution < 1.29 is 45.5 Å². The molecule has 0 aliphatic carbocycles. The maximum Gasteiger partial charge on any atom is 0.315 e. The first kappa shape index (κ1) is 58.7. The van der Waals surface area contributed by atoms with Crippen molar-refractivity contribution in [3.63, 3.8) is 0 Å². The van der Waals surface area contributed by atoms with Gasteiger partial charge in [0.1, 0.15) is 23.9 Å². The molecule has 0 aromatic heterocycles. The van der Waals surface area contributed by atoms with E-state index in [1.165, 1.54) is 33.9 Å². The second-order valence-corrected chi connectivity index (χ2v) is 23.1. The molecule has 2 aromatic rings. The number of carbonyl (C=O) groups excluding carboxylic acids is 5. The van der Waals surface area contributed by atoms with E-state index in [1.807, 2.05) is 23.5 Å². The van der Waals surface area contributed by atoms with Gasteiger partial charge >= 0.3 is 12.1 Å². The van der Waals surface area contributed by atoms with E-state index >= 15 is 0 Å². The van der Waals surface area contributed by atoms with Gasteiger partial charge in [-0.25, -0.2) is 9.59 Å². The number of hydrogen-bond donors (Lipinski definition) is 4. The van der Waals surface area contributed by atoms with Crippen LogP contribution in [0.5, 0.6) is 0 Å². The van der Waals surface area contributed by atoms with E-state index in [4.69, 9.17) is 0 Å². The summed E-state index contributed by atoms with van der Waals surface area (Å²) in [6.07, 6.45) is 19.6. The zero-order chi connectivity index (χ0) is 49.0. The number of halogens is 1. The SMILES string of the molecule is C.CC(=O)CCCC[C@@H]1SC[C@@H]2NC(=O)N[C@@H]21.CC(=O)CCCC[C@H]1SC[C@H]2NC(=O)N[C@H]21.CCC[N+]1=C(C=CC=C2N(CCCCCC(C)=O)c3ccccc3C2(C)C)C(C)(C)c2ccccc21.[Br-]. The number of rotatable bonds is 20. The molecular weight excluding hydrogens is 981 g/mol. The third-order valence-corrected chi connectivity index (χ3v) is 17.4. The fourth-order valence-corrected chi connectivity index (χ4v) is 13.9. The highest BCUT2D eigenvalue weighted by Crippen LogP contribution is 2.48. The Labute approximate surface area is 439 Å². The van der Waals surface area contributed by atoms with Crippen LogP contribution in [0.25, 0.3) is 0 Å². The second-order valence-electron chi connectivity index (χ2n) is 20.5. The van der Waals surface area contributed by atoms with Gasteiger partial charge < -0.3 is 57.5 Å². The topological polar surface area (TPSA) is 140 Å². The predicted octanol–water partition coefficient (Wildman–Crippen LogP) is 8.10. The van der Waals surface area contributed by atoms with Crippen molar-refractivity contribution in [2.24, 2.45) is 0 Å². The van der Waals surface area contributed by atoms with Crippen molar-refractivity contribution in [2.45, 2.75) is 192 Å². The number of ketones is 3. The smallest absolute Gasteiger partial charge is 0.315 e. The van der Waals surface area contributed by atoms with Gasteiger partial charge in [-0.2, -0.15) is 28.1 Å². The van der Waals surface area contributed by atoms with Crippen molar-refractivity contribution in [2.75, 3.05) is 29.5 Å². The summed E-state index contributed by atoms with van der Waals surface area (Å²) in [6, 6.07) is 18.9. The number of nitrogens with one attached hydrogen (secondary N) is 4. The van der Waals surface area contributed by atoms with Gasteiger partial charge in [0.2, 0.25) is 5.69 Å². The molecule has 4 N–H and O–H groups in total. The highest BCUT2D eigenvalue weighted by Gasteiger charge is 2.45. The van der Waals surface area contributed by atoms with Crippen molar-refractivity contribution in [3.05, 3.63) is 83.6 Å². The van der Waals surface area contributed by atoms with Crippen LogP contribution in [0.4, 0.5) is 21.0 Å². The standard InChI is InChI=1S/C33H43N2O.2C11H18N2O2S.CH4.BrH/c1-7-23-34-28-19-12-10-17-26(28)32(3,4)30(34)21-15-22-31-33(5,6)27-18-11-13-20-29(27)35(31)24-14-8-9-16-25(2)36;2*1-7(14)4-2-3-5-9-10-8(6-16-9)12-11(15)13-10;;/h10-13,15,17-22H,7-9,14,16,23-24H2,1-6H3;2*8-10H,2-6H2,1H3,(H2,12,13,15);1H4;1H/q+1;;;;/p-1/t;2*8-,9-,10-;;/m.10../s1. The maximum atomic E-state index is 11.3. The minimum Gasteiger partial charge on any atom is -1.00 e. The summed E-state index contributed by atoms with van der Waals surface area (Å²) in [6.45, 7) is 18.6. The van der Waals surface area contributed by atoms with Gasteiger partial charge in [-0.3, -0.25) is 0 Å². The Morgan fingerprint density at radius 2 is 1.19 bits per heavy atom. The number of benzene rings is 2. The van der Waals surface area contributed by atoms with Gasteiger partial charge in [-0.15, -0.1) is 0 Å². The van der Waals surface area contributed by atoms with E-state index in [1.54, 1.807) is 20.8 Å². The maximum absolute atomic E-state index is 11.3. The summed E-state index contributed by atoms with van der Waals surface area (Å²) in [7, 11) is 0. The van der Waals surface area contributed by atoms with Crippen LogP contribution < -0.4 is 43.1 Å². The number of nitrogens with zero attached hydrogens (tertiary/aromatic N) is 2. The number of carbonyl (C=O) groups is 5. The highest BCUT2D eigenvalue weighted by atomic mass is 79.9. The zero-order valence-electron chi connectivity index (χ0n) is 42.5. The summed E-state index contributed by atoms with van der Waals surface area (Å²) in [5.41, 5.74) is 8.11. The van der Waals surface area contributed by atoms with Gasteiger partial charge in [0.25, 0.3) is 0 Å². The predicted molar refractivity (Wildman–Crippen MR) is 289 cm³/mol. The lowest BCUT2D eigenvalue weighted by Gasteiger charge is -2.27. The molecule has 0 radical (unpaired) electrons. The second kappa shape index (κ2) is 27.3. The number of allylic oxidation sites excluding steroid dienone is 4. The Morgan fingerprint density at radius 3 is 1.71 bits per heavy atom. The molecule has 4 amide bonds. The van der Waals surface area contributed by atoms with Crippen LogP contribution in [0.2, 0.25) is 0 Å². The fraction of sp³-hybridized carbons (Fsp3) is 0.607. The number of urea groups is 2. The molecule has 14 heteroatoms. The summed E-state index contributed by atoms with van der Waals surface area (Å²) in [4.78, 5) is 57.7. The van der Waals surface area contributed by atoms with Crippen LogP contribution in [0.1, 0.15) is 157 Å². The van der Waals surface area contributed by atoms with E-state index in [0.717, 1.165) is 88.8 Å². The first-order valence-corrected chi connectivity index (χ1v) is 27.5.